The zero-order chi connectivity index (χ0) is 32.1. The van der Waals surface area contributed by atoms with Gasteiger partial charge in [0, 0.05) is 23.9 Å². The SMILES string of the molecule is CCOC(=O)c1[nH]c([C@@H]2CCCCN2C(=O)OC(C)(C)C)nc1-c1ccc(C(=O)Nc2cc(-c3ccc(F)cc3)ccn2)cc1. The number of nitrogens with one attached hydrogen (secondary N) is 2. The molecule has 2 N–H and O–H groups in total. The molecular formula is C34H36FN5O5. The maximum absolute atomic E-state index is 13.3. The summed E-state index contributed by atoms with van der Waals surface area (Å²) in [5.41, 5.74) is 2.40. The molecule has 2 amide bonds. The topological polar surface area (TPSA) is 127 Å². The quantitative estimate of drug-likeness (QED) is 0.212. The van der Waals surface area contributed by atoms with Crippen LogP contribution in [0.25, 0.3) is 22.4 Å². The largest absolute Gasteiger partial charge is 0.461 e. The van der Waals surface area contributed by atoms with Crippen molar-refractivity contribution < 1.29 is 28.2 Å². The molecule has 0 saturated carbocycles. The van der Waals surface area contributed by atoms with Crippen LogP contribution in [-0.4, -0.2) is 56.6 Å². The smallest absolute Gasteiger partial charge is 0.410 e. The van der Waals surface area contributed by atoms with Gasteiger partial charge < -0.3 is 19.8 Å². The van der Waals surface area contributed by atoms with E-state index in [1.165, 1.54) is 12.1 Å². The highest BCUT2D eigenvalue weighted by Gasteiger charge is 2.34. The predicted octanol–water partition coefficient (Wildman–Crippen LogP) is 7.17. The number of amides is 2. The lowest BCUT2D eigenvalue weighted by Crippen LogP contribution is -2.42. The number of halogens is 1. The predicted molar refractivity (Wildman–Crippen MR) is 167 cm³/mol. The molecule has 0 aliphatic carbocycles. The minimum Gasteiger partial charge on any atom is -0.461 e. The number of aromatic nitrogens is 3. The number of esters is 1. The molecule has 1 aliphatic heterocycles. The molecule has 4 aromatic rings. The Balaban J connectivity index is 1.38. The van der Waals surface area contributed by atoms with Crippen LogP contribution in [0, 0.1) is 5.82 Å². The van der Waals surface area contributed by atoms with Gasteiger partial charge in [0.05, 0.1) is 12.6 Å². The number of anilines is 1. The summed E-state index contributed by atoms with van der Waals surface area (Å²) in [6, 6.07) is 15.8. The third-order valence-electron chi connectivity index (χ3n) is 7.25. The fourth-order valence-electron chi connectivity index (χ4n) is 5.15. The van der Waals surface area contributed by atoms with Gasteiger partial charge in [0.1, 0.15) is 28.8 Å². The van der Waals surface area contributed by atoms with E-state index >= 15 is 0 Å². The van der Waals surface area contributed by atoms with E-state index < -0.39 is 23.7 Å². The van der Waals surface area contributed by atoms with Crippen molar-refractivity contribution in [2.75, 3.05) is 18.5 Å². The number of nitrogens with zero attached hydrogens (tertiary/aromatic N) is 3. The normalized spacial score (nSPS) is 15.0. The maximum atomic E-state index is 13.3. The zero-order valence-electron chi connectivity index (χ0n) is 25.7. The van der Waals surface area contributed by atoms with E-state index in [-0.39, 0.29) is 24.0 Å². The maximum Gasteiger partial charge on any atom is 0.410 e. The highest BCUT2D eigenvalue weighted by Crippen LogP contribution is 2.34. The van der Waals surface area contributed by atoms with Crippen molar-refractivity contribution in [3.63, 3.8) is 0 Å². The van der Waals surface area contributed by atoms with E-state index in [1.807, 2.05) is 20.8 Å². The second-order valence-corrected chi connectivity index (χ2v) is 11.7. The molecule has 0 unspecified atom stereocenters. The minimum atomic E-state index is -0.654. The van der Waals surface area contributed by atoms with Crippen LogP contribution < -0.4 is 5.32 Å². The molecule has 5 rings (SSSR count). The fourth-order valence-corrected chi connectivity index (χ4v) is 5.15. The number of carbonyl (C=O) groups is 3. The van der Waals surface area contributed by atoms with Crippen molar-refractivity contribution >= 4 is 23.8 Å². The summed E-state index contributed by atoms with van der Waals surface area (Å²) in [4.78, 5) is 52.9. The first-order valence-electron chi connectivity index (χ1n) is 14.9. The van der Waals surface area contributed by atoms with Crippen molar-refractivity contribution in [1.29, 1.82) is 0 Å². The Morgan fingerprint density at radius 3 is 2.40 bits per heavy atom. The molecule has 0 bridgehead atoms. The van der Waals surface area contributed by atoms with Gasteiger partial charge in [-0.15, -0.1) is 0 Å². The summed E-state index contributed by atoms with van der Waals surface area (Å²) >= 11 is 0. The molecule has 0 spiro atoms. The second-order valence-electron chi connectivity index (χ2n) is 11.7. The summed E-state index contributed by atoms with van der Waals surface area (Å²) in [5.74, 6) is -0.474. The van der Waals surface area contributed by atoms with Crippen LogP contribution in [0.3, 0.4) is 0 Å². The molecule has 1 fully saturated rings. The number of carbonyl (C=O) groups excluding carboxylic acids is 3. The van der Waals surface area contributed by atoms with Crippen molar-refractivity contribution in [1.82, 2.24) is 19.9 Å². The molecular weight excluding hydrogens is 577 g/mol. The number of rotatable bonds is 7. The number of piperidine rings is 1. The summed E-state index contributed by atoms with van der Waals surface area (Å²) in [6.45, 7) is 7.86. The van der Waals surface area contributed by atoms with E-state index in [9.17, 15) is 18.8 Å². The Kier molecular flexibility index (Phi) is 9.26. The average Bonchev–Trinajstić information content (AvgIpc) is 3.47. The first kappa shape index (κ1) is 31.4. The van der Waals surface area contributed by atoms with E-state index in [2.05, 4.69) is 15.3 Å². The van der Waals surface area contributed by atoms with E-state index in [1.54, 1.807) is 66.6 Å². The van der Waals surface area contributed by atoms with Crippen LogP contribution in [0.15, 0.2) is 66.9 Å². The van der Waals surface area contributed by atoms with Gasteiger partial charge in [0.25, 0.3) is 5.91 Å². The summed E-state index contributed by atoms with van der Waals surface area (Å²) < 4.78 is 24.3. The van der Waals surface area contributed by atoms with Gasteiger partial charge in [-0.2, -0.15) is 0 Å². The van der Waals surface area contributed by atoms with Crippen molar-refractivity contribution in [2.24, 2.45) is 0 Å². The number of ether oxygens (including phenoxy) is 2. The van der Waals surface area contributed by atoms with E-state index in [0.29, 0.717) is 41.4 Å². The third-order valence-corrected chi connectivity index (χ3v) is 7.25. The van der Waals surface area contributed by atoms with Crippen molar-refractivity contribution in [2.45, 2.75) is 58.6 Å². The van der Waals surface area contributed by atoms with E-state index in [0.717, 1.165) is 24.0 Å². The van der Waals surface area contributed by atoms with Crippen LogP contribution in [0.4, 0.5) is 15.0 Å². The number of hydrogen-bond donors (Lipinski definition) is 2. The third kappa shape index (κ3) is 7.54. The van der Waals surface area contributed by atoms with Crippen LogP contribution in [0.5, 0.6) is 0 Å². The molecule has 45 heavy (non-hydrogen) atoms. The Morgan fingerprint density at radius 1 is 1.00 bits per heavy atom. The molecule has 0 radical (unpaired) electrons. The number of H-pyrrole nitrogens is 1. The van der Waals surface area contributed by atoms with Crippen molar-refractivity contribution in [3.8, 4) is 22.4 Å². The Morgan fingerprint density at radius 2 is 1.71 bits per heavy atom. The van der Waals surface area contributed by atoms with Gasteiger partial charge in [0.15, 0.2) is 5.69 Å². The molecule has 10 nitrogen and oxygen atoms in total. The monoisotopic (exact) mass is 613 g/mol. The lowest BCUT2D eigenvalue weighted by Gasteiger charge is -2.35. The molecule has 234 valence electrons. The number of pyridine rings is 1. The standard InChI is InChI=1S/C34H36FN5O5/c1-5-44-32(42)29-28(38-30(39-29)26-8-6-7-19-40(26)33(43)45-34(2,3)4)22-9-11-23(12-10-22)31(41)37-27-20-24(17-18-36-27)21-13-15-25(35)16-14-21/h9-18,20,26H,5-8,19H2,1-4H3,(H,38,39)(H,36,37,41)/t26-/m0/s1. The lowest BCUT2D eigenvalue weighted by atomic mass is 10.0. The molecule has 2 aromatic carbocycles. The van der Waals surface area contributed by atoms with Crippen molar-refractivity contribution in [3.05, 3.63) is 89.8 Å². The van der Waals surface area contributed by atoms with Gasteiger partial charge in [-0.05, 0) is 94.5 Å². The molecule has 2 aromatic heterocycles. The molecule has 3 heterocycles. The van der Waals surface area contributed by atoms with Crippen LogP contribution in [0.2, 0.25) is 0 Å². The highest BCUT2D eigenvalue weighted by atomic mass is 19.1. The summed E-state index contributed by atoms with van der Waals surface area (Å²) in [5, 5.41) is 2.79. The highest BCUT2D eigenvalue weighted by molar-refractivity contribution is 6.04. The number of aromatic amines is 1. The fraction of sp³-hybridized carbons (Fsp3) is 0.324. The molecule has 11 heteroatoms. The summed E-state index contributed by atoms with van der Waals surface area (Å²) in [6.07, 6.45) is 3.52. The van der Waals surface area contributed by atoms with Crippen LogP contribution >= 0.6 is 0 Å². The number of benzene rings is 2. The first-order chi connectivity index (χ1) is 21.5. The Labute approximate surface area is 261 Å². The van der Waals surface area contributed by atoms with E-state index in [4.69, 9.17) is 14.5 Å². The molecule has 1 aliphatic rings. The van der Waals surface area contributed by atoms with Gasteiger partial charge in [-0.25, -0.2) is 23.9 Å². The minimum absolute atomic E-state index is 0.167. The number of hydrogen-bond acceptors (Lipinski definition) is 7. The van der Waals surface area contributed by atoms with Gasteiger partial charge in [-0.1, -0.05) is 24.3 Å². The number of likely N-dealkylation sites (tertiary alicyclic amines) is 1. The first-order valence-corrected chi connectivity index (χ1v) is 14.9. The Bertz CT molecular complexity index is 1680. The van der Waals surface area contributed by atoms with Crippen LogP contribution in [0.1, 0.15) is 79.7 Å². The number of imidazole rings is 1. The van der Waals surface area contributed by atoms with Gasteiger partial charge >= 0.3 is 12.1 Å². The Hall–Kier alpha value is -5.06. The van der Waals surface area contributed by atoms with Gasteiger partial charge in [0.2, 0.25) is 0 Å². The average molecular weight is 614 g/mol. The second kappa shape index (κ2) is 13.3. The lowest BCUT2D eigenvalue weighted by molar-refractivity contribution is 0.00853. The zero-order valence-corrected chi connectivity index (χ0v) is 25.7. The molecule has 1 saturated heterocycles. The summed E-state index contributed by atoms with van der Waals surface area (Å²) in [7, 11) is 0. The van der Waals surface area contributed by atoms with Crippen LogP contribution in [-0.2, 0) is 9.47 Å². The molecule has 1 atom stereocenters. The van der Waals surface area contributed by atoms with Gasteiger partial charge in [-0.3, -0.25) is 9.69 Å².